The summed E-state index contributed by atoms with van der Waals surface area (Å²) in [5.41, 5.74) is 0.849. The van der Waals surface area contributed by atoms with Gasteiger partial charge in [0.1, 0.15) is 5.75 Å². The van der Waals surface area contributed by atoms with Crippen molar-refractivity contribution in [3.8, 4) is 17.2 Å². The number of nitrogens with one attached hydrogen (secondary N) is 1. The van der Waals surface area contributed by atoms with Crippen molar-refractivity contribution in [2.75, 3.05) is 21.3 Å². The summed E-state index contributed by atoms with van der Waals surface area (Å²) in [4.78, 5) is 11.7. The third-order valence-corrected chi connectivity index (χ3v) is 2.86. The van der Waals surface area contributed by atoms with Crippen LogP contribution < -0.4 is 19.5 Å². The normalized spacial score (nSPS) is 10.3. The molecule has 0 aliphatic rings. The van der Waals surface area contributed by atoms with E-state index in [0.29, 0.717) is 36.1 Å². The second-order valence-electron chi connectivity index (χ2n) is 4.89. The fraction of sp³-hybridized carbons (Fsp3) is 0.533. The van der Waals surface area contributed by atoms with Crippen molar-refractivity contribution in [2.45, 2.75) is 26.8 Å². The molecule has 1 amide bonds. The lowest BCUT2D eigenvalue weighted by Gasteiger charge is -2.15. The first-order valence-electron chi connectivity index (χ1n) is 6.57. The lowest BCUT2D eigenvalue weighted by atomic mass is 10.1. The Morgan fingerprint density at radius 2 is 1.60 bits per heavy atom. The number of rotatable bonds is 7. The Labute approximate surface area is 120 Å². The van der Waals surface area contributed by atoms with Gasteiger partial charge in [0, 0.05) is 24.6 Å². The minimum absolute atomic E-state index is 0.0248. The molecule has 0 atom stereocenters. The first-order valence-corrected chi connectivity index (χ1v) is 6.57. The Bertz CT molecular complexity index is 457. The van der Waals surface area contributed by atoms with Gasteiger partial charge in [-0.25, -0.2) is 0 Å². The topological polar surface area (TPSA) is 56.8 Å². The van der Waals surface area contributed by atoms with Gasteiger partial charge in [-0.1, -0.05) is 13.8 Å². The fourth-order valence-electron chi connectivity index (χ4n) is 1.87. The van der Waals surface area contributed by atoms with Crippen molar-refractivity contribution in [3.05, 3.63) is 17.7 Å². The van der Waals surface area contributed by atoms with Crippen LogP contribution in [0.1, 0.15) is 25.8 Å². The average Bonchev–Trinajstić information content (AvgIpc) is 2.43. The summed E-state index contributed by atoms with van der Waals surface area (Å²) >= 11 is 0. The Hall–Kier alpha value is -1.91. The van der Waals surface area contributed by atoms with Crippen LogP contribution in [0.25, 0.3) is 0 Å². The van der Waals surface area contributed by atoms with Crippen molar-refractivity contribution in [2.24, 2.45) is 5.92 Å². The van der Waals surface area contributed by atoms with E-state index in [-0.39, 0.29) is 5.91 Å². The van der Waals surface area contributed by atoms with Gasteiger partial charge < -0.3 is 19.5 Å². The number of amides is 1. The summed E-state index contributed by atoms with van der Waals surface area (Å²) in [5.74, 6) is 2.23. The Morgan fingerprint density at radius 1 is 1.05 bits per heavy atom. The highest BCUT2D eigenvalue weighted by atomic mass is 16.5. The number of carbonyl (C=O) groups is 1. The average molecular weight is 281 g/mol. The van der Waals surface area contributed by atoms with Gasteiger partial charge >= 0.3 is 0 Å². The van der Waals surface area contributed by atoms with Crippen LogP contribution in [0.3, 0.4) is 0 Å². The fourth-order valence-corrected chi connectivity index (χ4v) is 1.87. The molecule has 0 bridgehead atoms. The Kier molecular flexibility index (Phi) is 6.15. The van der Waals surface area contributed by atoms with Crippen LogP contribution in [-0.4, -0.2) is 27.2 Å². The first kappa shape index (κ1) is 16.1. The Morgan fingerprint density at radius 3 is 2.10 bits per heavy atom. The van der Waals surface area contributed by atoms with Crippen molar-refractivity contribution in [3.63, 3.8) is 0 Å². The van der Waals surface area contributed by atoms with E-state index in [4.69, 9.17) is 14.2 Å². The molecule has 0 aliphatic heterocycles. The molecule has 0 radical (unpaired) electrons. The maximum atomic E-state index is 11.7. The molecule has 0 saturated heterocycles. The van der Waals surface area contributed by atoms with E-state index in [1.807, 2.05) is 19.9 Å². The van der Waals surface area contributed by atoms with E-state index in [1.165, 1.54) is 0 Å². The molecule has 0 spiro atoms. The van der Waals surface area contributed by atoms with Gasteiger partial charge in [0.2, 0.25) is 5.91 Å². The van der Waals surface area contributed by atoms with E-state index in [9.17, 15) is 4.79 Å². The first-order chi connectivity index (χ1) is 9.51. The lowest BCUT2D eigenvalue weighted by Crippen LogP contribution is -2.24. The van der Waals surface area contributed by atoms with Crippen LogP contribution >= 0.6 is 0 Å². The van der Waals surface area contributed by atoms with Gasteiger partial charge in [-0.15, -0.1) is 0 Å². The molecule has 0 fully saturated rings. The molecule has 0 saturated carbocycles. The molecular formula is C15H23NO4. The second kappa shape index (κ2) is 7.62. The smallest absolute Gasteiger partial charge is 0.220 e. The van der Waals surface area contributed by atoms with E-state index < -0.39 is 0 Å². The number of carbonyl (C=O) groups excluding carboxylic acids is 1. The number of hydrogen-bond acceptors (Lipinski definition) is 4. The Balaban J connectivity index is 2.85. The summed E-state index contributed by atoms with van der Waals surface area (Å²) in [6, 6.07) is 3.57. The summed E-state index contributed by atoms with van der Waals surface area (Å²) in [5, 5.41) is 2.88. The highest BCUT2D eigenvalue weighted by molar-refractivity contribution is 5.76. The summed E-state index contributed by atoms with van der Waals surface area (Å²) < 4.78 is 15.8. The predicted molar refractivity (Wildman–Crippen MR) is 77.4 cm³/mol. The molecule has 1 rings (SSSR count). The predicted octanol–water partition coefficient (Wildman–Crippen LogP) is 2.37. The van der Waals surface area contributed by atoms with Crippen LogP contribution in [0, 0.1) is 5.92 Å². The molecule has 0 aliphatic carbocycles. The summed E-state index contributed by atoms with van der Waals surface area (Å²) in [6.45, 7) is 4.42. The third kappa shape index (κ3) is 4.33. The van der Waals surface area contributed by atoms with Crippen molar-refractivity contribution in [1.82, 2.24) is 5.32 Å². The quantitative estimate of drug-likeness (QED) is 0.833. The molecule has 0 heterocycles. The molecule has 5 nitrogen and oxygen atoms in total. The van der Waals surface area contributed by atoms with Crippen molar-refractivity contribution < 1.29 is 19.0 Å². The van der Waals surface area contributed by atoms with Crippen LogP contribution in [0.5, 0.6) is 17.2 Å². The minimum Gasteiger partial charge on any atom is -0.496 e. The van der Waals surface area contributed by atoms with Crippen LogP contribution in [0.15, 0.2) is 12.1 Å². The molecule has 20 heavy (non-hydrogen) atoms. The number of methoxy groups -OCH3 is 3. The maximum absolute atomic E-state index is 11.7. The van der Waals surface area contributed by atoms with E-state index in [1.54, 1.807) is 27.4 Å². The van der Waals surface area contributed by atoms with Gasteiger partial charge in [-0.2, -0.15) is 0 Å². The minimum atomic E-state index is 0.0248. The molecule has 1 aromatic rings. The largest absolute Gasteiger partial charge is 0.496 e. The van der Waals surface area contributed by atoms with Crippen LogP contribution in [0.2, 0.25) is 0 Å². The zero-order valence-electron chi connectivity index (χ0n) is 12.8. The summed E-state index contributed by atoms with van der Waals surface area (Å²) in [6.07, 6.45) is 0.510. The van der Waals surface area contributed by atoms with Gasteiger partial charge in [0.05, 0.1) is 21.3 Å². The van der Waals surface area contributed by atoms with E-state index >= 15 is 0 Å². The number of hydrogen-bond donors (Lipinski definition) is 1. The van der Waals surface area contributed by atoms with Crippen molar-refractivity contribution in [1.29, 1.82) is 0 Å². The molecular weight excluding hydrogens is 258 g/mol. The standard InChI is InChI=1S/C15H23NO4/c1-10(2)6-15(17)16-9-11-7-13(19-4)14(20-5)8-12(11)18-3/h7-8,10H,6,9H2,1-5H3,(H,16,17). The van der Waals surface area contributed by atoms with Gasteiger partial charge in [-0.05, 0) is 12.0 Å². The highest BCUT2D eigenvalue weighted by Gasteiger charge is 2.13. The van der Waals surface area contributed by atoms with E-state index in [2.05, 4.69) is 5.32 Å². The number of benzene rings is 1. The molecule has 1 N–H and O–H groups in total. The monoisotopic (exact) mass is 281 g/mol. The van der Waals surface area contributed by atoms with Crippen LogP contribution in [0.4, 0.5) is 0 Å². The third-order valence-electron chi connectivity index (χ3n) is 2.86. The molecule has 1 aromatic carbocycles. The molecule has 5 heteroatoms. The molecule has 112 valence electrons. The van der Waals surface area contributed by atoms with E-state index in [0.717, 1.165) is 5.56 Å². The zero-order valence-corrected chi connectivity index (χ0v) is 12.8. The maximum Gasteiger partial charge on any atom is 0.220 e. The van der Waals surface area contributed by atoms with Gasteiger partial charge in [-0.3, -0.25) is 4.79 Å². The van der Waals surface area contributed by atoms with Crippen LogP contribution in [-0.2, 0) is 11.3 Å². The summed E-state index contributed by atoms with van der Waals surface area (Å²) in [7, 11) is 4.73. The van der Waals surface area contributed by atoms with Gasteiger partial charge in [0.15, 0.2) is 11.5 Å². The molecule has 0 unspecified atom stereocenters. The molecule has 0 aromatic heterocycles. The number of ether oxygens (including phenoxy) is 3. The van der Waals surface area contributed by atoms with Gasteiger partial charge in [0.25, 0.3) is 0 Å². The second-order valence-corrected chi connectivity index (χ2v) is 4.89. The SMILES string of the molecule is COc1cc(OC)c(OC)cc1CNC(=O)CC(C)C. The highest BCUT2D eigenvalue weighted by Crippen LogP contribution is 2.34. The van der Waals surface area contributed by atoms with Crippen molar-refractivity contribution >= 4 is 5.91 Å². The lowest BCUT2D eigenvalue weighted by molar-refractivity contribution is -0.121. The zero-order chi connectivity index (χ0) is 15.1.